The zero-order valence-corrected chi connectivity index (χ0v) is 11.7. The summed E-state index contributed by atoms with van der Waals surface area (Å²) in [4.78, 5) is 22.6. The van der Waals surface area contributed by atoms with E-state index < -0.39 is 0 Å². The Kier molecular flexibility index (Phi) is 4.54. The molecular formula is C14H24N2O2. The fourth-order valence-corrected chi connectivity index (χ4v) is 2.43. The fourth-order valence-electron chi connectivity index (χ4n) is 2.43. The molecule has 0 aromatic heterocycles. The van der Waals surface area contributed by atoms with Crippen LogP contribution < -0.4 is 11.1 Å². The topological polar surface area (TPSA) is 72.2 Å². The maximum atomic E-state index is 12.0. The largest absolute Gasteiger partial charge is 0.370 e. The van der Waals surface area contributed by atoms with Gasteiger partial charge in [0.2, 0.25) is 11.8 Å². The van der Waals surface area contributed by atoms with Crippen LogP contribution in [0.1, 0.15) is 40.5 Å². The summed E-state index contributed by atoms with van der Waals surface area (Å²) in [6, 6.07) is 0. The van der Waals surface area contributed by atoms with Crippen LogP contribution in [0.15, 0.2) is 11.6 Å². The molecule has 0 aliphatic heterocycles. The highest BCUT2D eigenvalue weighted by Crippen LogP contribution is 2.59. The molecule has 2 atom stereocenters. The van der Waals surface area contributed by atoms with E-state index in [1.54, 1.807) is 0 Å². The van der Waals surface area contributed by atoms with Crippen LogP contribution in [-0.2, 0) is 9.59 Å². The third kappa shape index (κ3) is 3.59. The van der Waals surface area contributed by atoms with Crippen LogP contribution in [0.25, 0.3) is 0 Å². The predicted molar refractivity (Wildman–Crippen MR) is 71.6 cm³/mol. The van der Waals surface area contributed by atoms with E-state index >= 15 is 0 Å². The molecule has 1 rings (SSSR count). The first-order chi connectivity index (χ1) is 8.26. The van der Waals surface area contributed by atoms with Crippen LogP contribution in [0.2, 0.25) is 0 Å². The summed E-state index contributed by atoms with van der Waals surface area (Å²) in [5.41, 5.74) is 6.34. The van der Waals surface area contributed by atoms with E-state index in [2.05, 4.69) is 39.1 Å². The molecule has 1 aliphatic carbocycles. The summed E-state index contributed by atoms with van der Waals surface area (Å²) in [6.07, 6.45) is 3.11. The summed E-state index contributed by atoms with van der Waals surface area (Å²) >= 11 is 0. The van der Waals surface area contributed by atoms with Gasteiger partial charge in [-0.1, -0.05) is 25.5 Å². The third-order valence-electron chi connectivity index (χ3n) is 3.61. The molecule has 102 valence electrons. The highest BCUT2D eigenvalue weighted by Gasteiger charge is 2.60. The molecule has 4 heteroatoms. The molecular weight excluding hydrogens is 228 g/mol. The Balaban J connectivity index is 2.39. The number of nitrogens with one attached hydrogen (secondary N) is 1. The minimum atomic E-state index is -0.321. The van der Waals surface area contributed by atoms with Crippen LogP contribution in [0, 0.1) is 17.3 Å². The number of hydrogen-bond donors (Lipinski definition) is 2. The Morgan fingerprint density at radius 2 is 1.94 bits per heavy atom. The van der Waals surface area contributed by atoms with Crippen LogP contribution >= 0.6 is 0 Å². The normalized spacial score (nSPS) is 24.2. The minimum absolute atomic E-state index is 0.0467. The van der Waals surface area contributed by atoms with Crippen molar-refractivity contribution in [1.29, 1.82) is 0 Å². The highest BCUT2D eigenvalue weighted by atomic mass is 16.2. The number of allylic oxidation sites excluding steroid dienone is 2. The van der Waals surface area contributed by atoms with Crippen LogP contribution in [0.3, 0.4) is 0 Å². The molecule has 0 heterocycles. The first kappa shape index (κ1) is 14.7. The molecule has 18 heavy (non-hydrogen) atoms. The Hall–Kier alpha value is -1.32. The number of primary amides is 1. The van der Waals surface area contributed by atoms with Crippen molar-refractivity contribution < 1.29 is 9.59 Å². The molecule has 0 aromatic rings. The van der Waals surface area contributed by atoms with Gasteiger partial charge in [-0.3, -0.25) is 9.59 Å². The first-order valence-corrected chi connectivity index (χ1v) is 6.48. The Morgan fingerprint density at radius 3 is 2.44 bits per heavy atom. The van der Waals surface area contributed by atoms with Gasteiger partial charge in [-0.15, -0.1) is 0 Å². The van der Waals surface area contributed by atoms with E-state index in [9.17, 15) is 9.59 Å². The summed E-state index contributed by atoms with van der Waals surface area (Å²) in [5, 5.41) is 2.88. The average molecular weight is 252 g/mol. The van der Waals surface area contributed by atoms with Gasteiger partial charge in [0.15, 0.2) is 0 Å². The van der Waals surface area contributed by atoms with E-state index in [0.717, 1.165) is 0 Å². The molecule has 2 amide bonds. The lowest BCUT2D eigenvalue weighted by Crippen LogP contribution is -2.28. The molecule has 0 bridgehead atoms. The van der Waals surface area contributed by atoms with E-state index in [1.165, 1.54) is 5.57 Å². The van der Waals surface area contributed by atoms with Gasteiger partial charge in [-0.2, -0.15) is 0 Å². The number of rotatable bonds is 6. The molecule has 1 saturated carbocycles. The summed E-state index contributed by atoms with van der Waals surface area (Å²) < 4.78 is 0. The van der Waals surface area contributed by atoms with Crippen molar-refractivity contribution in [2.45, 2.75) is 40.5 Å². The van der Waals surface area contributed by atoms with Gasteiger partial charge in [0.1, 0.15) is 0 Å². The van der Waals surface area contributed by atoms with Crippen molar-refractivity contribution in [3.8, 4) is 0 Å². The number of nitrogens with two attached hydrogens (primary N) is 1. The number of carbonyl (C=O) groups excluding carboxylic acids is 2. The van der Waals surface area contributed by atoms with Gasteiger partial charge in [-0.05, 0) is 31.6 Å². The van der Waals surface area contributed by atoms with E-state index in [4.69, 9.17) is 5.73 Å². The SMILES string of the molecule is CC(C)=C[C@@H]1[C@H](C(=O)NCCCC(N)=O)C1(C)C. The van der Waals surface area contributed by atoms with E-state index in [0.29, 0.717) is 25.3 Å². The third-order valence-corrected chi connectivity index (χ3v) is 3.61. The van der Waals surface area contributed by atoms with Gasteiger partial charge < -0.3 is 11.1 Å². The van der Waals surface area contributed by atoms with Crippen molar-refractivity contribution >= 4 is 11.8 Å². The quantitative estimate of drug-likeness (QED) is 0.557. The lowest BCUT2D eigenvalue weighted by molar-refractivity contribution is -0.123. The lowest BCUT2D eigenvalue weighted by Gasteiger charge is -2.05. The molecule has 0 saturated heterocycles. The van der Waals surface area contributed by atoms with Crippen molar-refractivity contribution in [1.82, 2.24) is 5.32 Å². The van der Waals surface area contributed by atoms with Crippen LogP contribution in [0.5, 0.6) is 0 Å². The summed E-state index contributed by atoms with van der Waals surface area (Å²) in [7, 11) is 0. The Labute approximate surface area is 109 Å². The van der Waals surface area contributed by atoms with Crippen molar-refractivity contribution in [2.75, 3.05) is 6.54 Å². The van der Waals surface area contributed by atoms with Gasteiger partial charge in [0.05, 0.1) is 5.92 Å². The lowest BCUT2D eigenvalue weighted by atomic mass is 10.1. The van der Waals surface area contributed by atoms with Crippen molar-refractivity contribution in [2.24, 2.45) is 23.0 Å². The maximum absolute atomic E-state index is 12.0. The fraction of sp³-hybridized carbons (Fsp3) is 0.714. The molecule has 0 aromatic carbocycles. The smallest absolute Gasteiger partial charge is 0.224 e. The van der Waals surface area contributed by atoms with Crippen LogP contribution in [-0.4, -0.2) is 18.4 Å². The Bertz CT molecular complexity index is 368. The second-order valence-corrected chi connectivity index (χ2v) is 5.93. The van der Waals surface area contributed by atoms with Crippen molar-refractivity contribution in [3.63, 3.8) is 0 Å². The standard InChI is InChI=1S/C14H24N2O2/c1-9(2)8-10-12(14(10,3)4)13(18)16-7-5-6-11(15)17/h8,10,12H,5-7H2,1-4H3,(H2,15,17)(H,16,18)/t10-,12-/m1/s1. The molecule has 1 fully saturated rings. The zero-order valence-electron chi connectivity index (χ0n) is 11.7. The molecule has 0 spiro atoms. The maximum Gasteiger partial charge on any atom is 0.224 e. The molecule has 0 unspecified atom stereocenters. The van der Waals surface area contributed by atoms with Crippen LogP contribution in [0.4, 0.5) is 0 Å². The second kappa shape index (κ2) is 5.55. The van der Waals surface area contributed by atoms with Crippen molar-refractivity contribution in [3.05, 3.63) is 11.6 Å². The molecule has 3 N–H and O–H groups in total. The van der Waals surface area contributed by atoms with E-state index in [-0.39, 0.29) is 23.1 Å². The van der Waals surface area contributed by atoms with Gasteiger partial charge in [0, 0.05) is 13.0 Å². The zero-order chi connectivity index (χ0) is 13.9. The molecule has 4 nitrogen and oxygen atoms in total. The number of amides is 2. The molecule has 1 aliphatic rings. The Morgan fingerprint density at radius 1 is 1.33 bits per heavy atom. The monoisotopic (exact) mass is 252 g/mol. The molecule has 0 radical (unpaired) electrons. The first-order valence-electron chi connectivity index (χ1n) is 6.48. The van der Waals surface area contributed by atoms with Gasteiger partial charge >= 0.3 is 0 Å². The number of carbonyl (C=O) groups is 2. The van der Waals surface area contributed by atoms with Gasteiger partial charge in [0.25, 0.3) is 0 Å². The van der Waals surface area contributed by atoms with E-state index in [1.807, 2.05) is 0 Å². The average Bonchev–Trinajstić information content (AvgIpc) is 2.74. The van der Waals surface area contributed by atoms with Gasteiger partial charge in [-0.25, -0.2) is 0 Å². The second-order valence-electron chi connectivity index (χ2n) is 5.93. The highest BCUT2D eigenvalue weighted by molar-refractivity contribution is 5.83. The predicted octanol–water partition coefficient (Wildman–Crippen LogP) is 1.61. The number of hydrogen-bond acceptors (Lipinski definition) is 2. The summed E-state index contributed by atoms with van der Waals surface area (Å²) in [5.74, 6) is 0.157. The minimum Gasteiger partial charge on any atom is -0.370 e. The summed E-state index contributed by atoms with van der Waals surface area (Å²) in [6.45, 7) is 8.86.